The van der Waals surface area contributed by atoms with Gasteiger partial charge in [-0.3, -0.25) is 0 Å². The normalized spacial score (nSPS) is 20.3. The van der Waals surface area contributed by atoms with E-state index < -0.39 is 17.7 Å². The second-order valence-corrected chi connectivity index (χ2v) is 7.73. The van der Waals surface area contributed by atoms with Crippen LogP contribution in [0.2, 0.25) is 0 Å². The van der Waals surface area contributed by atoms with E-state index >= 15 is 0 Å². The number of nitrogens with one attached hydrogen (secondary N) is 2. The van der Waals surface area contributed by atoms with Crippen molar-refractivity contribution in [2.45, 2.75) is 64.1 Å². The minimum absolute atomic E-state index is 0.0163. The molecule has 0 unspecified atom stereocenters. The van der Waals surface area contributed by atoms with Gasteiger partial charge in [0, 0.05) is 12.2 Å². The van der Waals surface area contributed by atoms with Crippen LogP contribution in [0.15, 0.2) is 18.5 Å². The molecule has 1 saturated carbocycles. The van der Waals surface area contributed by atoms with Crippen molar-refractivity contribution in [3.8, 4) is 0 Å². The Morgan fingerprint density at radius 3 is 2.63 bits per heavy atom. The molecule has 0 bridgehead atoms. The molecule has 27 heavy (non-hydrogen) atoms. The number of carbonyl (C=O) groups is 2. The summed E-state index contributed by atoms with van der Waals surface area (Å²) in [5.74, 6) is -0.523. The Labute approximate surface area is 157 Å². The van der Waals surface area contributed by atoms with E-state index in [0.29, 0.717) is 5.82 Å². The Bertz CT molecular complexity index is 842. The van der Waals surface area contributed by atoms with E-state index in [9.17, 15) is 14.7 Å². The second-order valence-electron chi connectivity index (χ2n) is 7.73. The molecule has 0 saturated heterocycles. The van der Waals surface area contributed by atoms with Crippen LogP contribution in [0.5, 0.6) is 0 Å². The molecular formula is C18H25N5O4. The monoisotopic (exact) mass is 375 g/mol. The van der Waals surface area contributed by atoms with Crippen molar-refractivity contribution in [3.63, 3.8) is 0 Å². The third-order valence-electron chi connectivity index (χ3n) is 4.40. The van der Waals surface area contributed by atoms with Crippen molar-refractivity contribution < 1.29 is 19.4 Å². The summed E-state index contributed by atoms with van der Waals surface area (Å²) in [7, 11) is 0. The van der Waals surface area contributed by atoms with E-state index in [1.165, 1.54) is 10.7 Å². The zero-order valence-corrected chi connectivity index (χ0v) is 15.7. The Morgan fingerprint density at radius 2 is 1.96 bits per heavy atom. The molecule has 0 aromatic carbocycles. The van der Waals surface area contributed by atoms with Gasteiger partial charge in [0.1, 0.15) is 17.0 Å². The molecular weight excluding hydrogens is 350 g/mol. The number of carbonyl (C=O) groups excluding carboxylic acids is 1. The number of hydrogen-bond acceptors (Lipinski definition) is 6. The largest absolute Gasteiger partial charge is 0.477 e. The SMILES string of the molecule is CC(C)(C)OC(=O)N[C@H]1CCCC[C@H]1Nc1ccn2ncc(C(=O)O)c2n1. The molecule has 1 amide bonds. The summed E-state index contributed by atoms with van der Waals surface area (Å²) in [5.41, 5.74) is -0.227. The molecule has 1 aliphatic carbocycles. The Balaban J connectivity index is 1.74. The fourth-order valence-corrected chi connectivity index (χ4v) is 3.23. The fourth-order valence-electron chi connectivity index (χ4n) is 3.23. The lowest BCUT2D eigenvalue weighted by Gasteiger charge is -2.33. The number of amides is 1. The van der Waals surface area contributed by atoms with Crippen LogP contribution in [-0.2, 0) is 4.74 Å². The van der Waals surface area contributed by atoms with Crippen LogP contribution in [0.1, 0.15) is 56.8 Å². The minimum Gasteiger partial charge on any atom is -0.477 e. The van der Waals surface area contributed by atoms with Gasteiger partial charge < -0.3 is 20.5 Å². The van der Waals surface area contributed by atoms with Gasteiger partial charge in [0.25, 0.3) is 0 Å². The van der Waals surface area contributed by atoms with Crippen LogP contribution in [0.3, 0.4) is 0 Å². The molecule has 0 spiro atoms. The molecule has 2 heterocycles. The lowest BCUT2D eigenvalue weighted by Crippen LogP contribution is -2.49. The van der Waals surface area contributed by atoms with Gasteiger partial charge in [-0.15, -0.1) is 0 Å². The number of ether oxygens (including phenoxy) is 1. The van der Waals surface area contributed by atoms with Crippen LogP contribution in [0.4, 0.5) is 10.6 Å². The van der Waals surface area contributed by atoms with Crippen molar-refractivity contribution in [2.24, 2.45) is 0 Å². The van der Waals surface area contributed by atoms with Crippen molar-refractivity contribution in [3.05, 3.63) is 24.0 Å². The summed E-state index contributed by atoms with van der Waals surface area (Å²) in [6.45, 7) is 5.48. The standard InChI is InChI=1S/C18H25N5O4/c1-18(2,3)27-17(26)21-13-7-5-4-6-12(13)20-14-8-9-23-15(22-14)11(10-19-23)16(24)25/h8-10,12-13H,4-7H2,1-3H3,(H,20,22)(H,21,26)(H,24,25)/t12-,13+/m1/s1. The number of carboxylic acid groups (broad SMARTS) is 1. The molecule has 2 aromatic heterocycles. The Morgan fingerprint density at radius 1 is 1.26 bits per heavy atom. The van der Waals surface area contributed by atoms with Crippen molar-refractivity contribution in [1.82, 2.24) is 19.9 Å². The highest BCUT2D eigenvalue weighted by molar-refractivity contribution is 5.94. The molecule has 3 N–H and O–H groups in total. The van der Waals surface area contributed by atoms with Crippen molar-refractivity contribution >= 4 is 23.5 Å². The number of hydrogen-bond donors (Lipinski definition) is 3. The van der Waals surface area contributed by atoms with E-state index in [1.807, 2.05) is 20.8 Å². The average Bonchev–Trinajstić information content (AvgIpc) is 2.98. The van der Waals surface area contributed by atoms with E-state index in [1.54, 1.807) is 12.3 Å². The highest BCUT2D eigenvalue weighted by Gasteiger charge is 2.28. The zero-order valence-electron chi connectivity index (χ0n) is 15.7. The number of rotatable bonds is 4. The topological polar surface area (TPSA) is 118 Å². The van der Waals surface area contributed by atoms with E-state index in [0.717, 1.165) is 25.7 Å². The average molecular weight is 375 g/mol. The molecule has 1 fully saturated rings. The summed E-state index contributed by atoms with van der Waals surface area (Å²) < 4.78 is 6.78. The van der Waals surface area contributed by atoms with Crippen LogP contribution in [0, 0.1) is 0 Å². The molecule has 9 nitrogen and oxygen atoms in total. The first-order chi connectivity index (χ1) is 12.7. The Hall–Kier alpha value is -2.84. The number of carboxylic acids is 1. The van der Waals surface area contributed by atoms with Gasteiger partial charge in [-0.1, -0.05) is 12.8 Å². The van der Waals surface area contributed by atoms with Crippen molar-refractivity contribution in [2.75, 3.05) is 5.32 Å². The summed E-state index contributed by atoms with van der Waals surface area (Å²) in [5, 5.41) is 19.5. The van der Waals surface area contributed by atoms with Crippen LogP contribution >= 0.6 is 0 Å². The van der Waals surface area contributed by atoms with E-state index in [2.05, 4.69) is 20.7 Å². The molecule has 2 atom stereocenters. The maximum Gasteiger partial charge on any atom is 0.407 e. The number of aromatic nitrogens is 3. The fraction of sp³-hybridized carbons (Fsp3) is 0.556. The molecule has 0 radical (unpaired) electrons. The quantitative estimate of drug-likeness (QED) is 0.752. The zero-order chi connectivity index (χ0) is 19.6. The Kier molecular flexibility index (Phi) is 5.20. The maximum atomic E-state index is 12.1. The first-order valence-electron chi connectivity index (χ1n) is 9.07. The number of nitrogens with zero attached hydrogens (tertiary/aromatic N) is 3. The molecule has 0 aliphatic heterocycles. The van der Waals surface area contributed by atoms with Crippen LogP contribution < -0.4 is 10.6 Å². The summed E-state index contributed by atoms with van der Waals surface area (Å²) in [6.07, 6.45) is 6.28. The highest BCUT2D eigenvalue weighted by Crippen LogP contribution is 2.23. The highest BCUT2D eigenvalue weighted by atomic mass is 16.6. The molecule has 9 heteroatoms. The third-order valence-corrected chi connectivity index (χ3v) is 4.40. The van der Waals surface area contributed by atoms with Gasteiger partial charge in [0.2, 0.25) is 0 Å². The first kappa shape index (κ1) is 18.9. The number of alkyl carbamates (subject to hydrolysis) is 1. The maximum absolute atomic E-state index is 12.1. The molecule has 2 aromatic rings. The third kappa shape index (κ3) is 4.66. The van der Waals surface area contributed by atoms with Gasteiger partial charge in [-0.25, -0.2) is 19.1 Å². The number of fused-ring (bicyclic) bond motifs is 1. The number of aromatic carboxylic acids is 1. The summed E-state index contributed by atoms with van der Waals surface area (Å²) in [6, 6.07) is 1.64. The lowest BCUT2D eigenvalue weighted by molar-refractivity contribution is 0.0488. The van der Waals surface area contributed by atoms with E-state index in [-0.39, 0.29) is 23.3 Å². The first-order valence-corrected chi connectivity index (χ1v) is 9.07. The smallest absolute Gasteiger partial charge is 0.407 e. The molecule has 1 aliphatic rings. The van der Waals surface area contributed by atoms with Gasteiger partial charge in [0.05, 0.1) is 12.2 Å². The molecule has 3 rings (SSSR count). The molecule has 146 valence electrons. The van der Waals surface area contributed by atoms with Crippen LogP contribution in [-0.4, -0.2) is 49.5 Å². The lowest BCUT2D eigenvalue weighted by atomic mass is 9.90. The van der Waals surface area contributed by atoms with Gasteiger partial charge in [-0.05, 0) is 39.7 Å². The van der Waals surface area contributed by atoms with E-state index in [4.69, 9.17) is 4.74 Å². The van der Waals surface area contributed by atoms with Gasteiger partial charge in [0.15, 0.2) is 5.65 Å². The second kappa shape index (κ2) is 7.42. The van der Waals surface area contributed by atoms with Crippen molar-refractivity contribution in [1.29, 1.82) is 0 Å². The summed E-state index contributed by atoms with van der Waals surface area (Å²) in [4.78, 5) is 27.8. The summed E-state index contributed by atoms with van der Waals surface area (Å²) >= 11 is 0. The predicted octanol–water partition coefficient (Wildman–Crippen LogP) is 2.68. The predicted molar refractivity (Wildman–Crippen MR) is 99.0 cm³/mol. The van der Waals surface area contributed by atoms with Crippen LogP contribution in [0.25, 0.3) is 5.65 Å². The van der Waals surface area contributed by atoms with Gasteiger partial charge in [-0.2, -0.15) is 5.10 Å². The minimum atomic E-state index is -1.07. The van der Waals surface area contributed by atoms with Gasteiger partial charge >= 0.3 is 12.1 Å². The number of anilines is 1.